The standard InChI is InChI=1S/C23H30N2O2/c1-3-27-22-13-11-20(12-14-22)17-25-15-7-10-21(18-25)23(26)24(2)16-19-8-5-4-6-9-19/h4-6,8-9,11-14,21H,3,7,10,15-18H2,1-2H3. The molecule has 4 nitrogen and oxygen atoms in total. The van der Waals surface area contributed by atoms with E-state index in [9.17, 15) is 4.79 Å². The van der Waals surface area contributed by atoms with E-state index < -0.39 is 0 Å². The van der Waals surface area contributed by atoms with Crippen molar-refractivity contribution < 1.29 is 9.53 Å². The number of nitrogens with zero attached hydrogens (tertiary/aromatic N) is 2. The molecule has 1 amide bonds. The molecule has 0 saturated carbocycles. The van der Waals surface area contributed by atoms with Crippen molar-refractivity contribution in [2.24, 2.45) is 5.92 Å². The van der Waals surface area contributed by atoms with E-state index in [1.807, 2.05) is 49.2 Å². The van der Waals surface area contributed by atoms with Crippen LogP contribution in [0.4, 0.5) is 0 Å². The molecule has 144 valence electrons. The number of likely N-dealkylation sites (tertiary alicyclic amines) is 1. The summed E-state index contributed by atoms with van der Waals surface area (Å²) >= 11 is 0. The molecule has 0 bridgehead atoms. The van der Waals surface area contributed by atoms with E-state index in [2.05, 4.69) is 29.2 Å². The first-order valence-electron chi connectivity index (χ1n) is 9.88. The lowest BCUT2D eigenvalue weighted by molar-refractivity contribution is -0.136. The van der Waals surface area contributed by atoms with Crippen LogP contribution in [0.3, 0.4) is 0 Å². The maximum atomic E-state index is 12.9. The normalized spacial score (nSPS) is 17.5. The summed E-state index contributed by atoms with van der Waals surface area (Å²) in [5.74, 6) is 1.26. The Balaban J connectivity index is 1.54. The van der Waals surface area contributed by atoms with E-state index in [0.717, 1.165) is 38.2 Å². The van der Waals surface area contributed by atoms with Crippen LogP contribution in [0.15, 0.2) is 54.6 Å². The van der Waals surface area contributed by atoms with Gasteiger partial charge in [-0.1, -0.05) is 42.5 Å². The highest BCUT2D eigenvalue weighted by atomic mass is 16.5. The Morgan fingerprint density at radius 1 is 1.11 bits per heavy atom. The van der Waals surface area contributed by atoms with Crippen LogP contribution >= 0.6 is 0 Å². The second-order valence-electron chi connectivity index (χ2n) is 7.33. The van der Waals surface area contributed by atoms with Crippen LogP contribution in [-0.2, 0) is 17.9 Å². The summed E-state index contributed by atoms with van der Waals surface area (Å²) in [6, 6.07) is 18.5. The van der Waals surface area contributed by atoms with Gasteiger partial charge in [0.05, 0.1) is 12.5 Å². The highest BCUT2D eigenvalue weighted by Gasteiger charge is 2.28. The molecule has 1 aliphatic heterocycles. The smallest absolute Gasteiger partial charge is 0.227 e. The Hall–Kier alpha value is -2.33. The Labute approximate surface area is 162 Å². The van der Waals surface area contributed by atoms with Crippen LogP contribution in [0.2, 0.25) is 0 Å². The second kappa shape index (κ2) is 9.56. The number of benzene rings is 2. The molecule has 1 aliphatic rings. The molecule has 0 N–H and O–H groups in total. The van der Waals surface area contributed by atoms with Gasteiger partial charge in [-0.15, -0.1) is 0 Å². The van der Waals surface area contributed by atoms with Crippen molar-refractivity contribution in [2.75, 3.05) is 26.7 Å². The predicted octanol–water partition coefficient (Wildman–Crippen LogP) is 3.96. The lowest BCUT2D eigenvalue weighted by atomic mass is 9.96. The molecular formula is C23H30N2O2. The predicted molar refractivity (Wildman–Crippen MR) is 109 cm³/mol. The first-order chi connectivity index (χ1) is 13.2. The second-order valence-corrected chi connectivity index (χ2v) is 7.33. The summed E-state index contributed by atoms with van der Waals surface area (Å²) in [5, 5.41) is 0. The summed E-state index contributed by atoms with van der Waals surface area (Å²) in [4.78, 5) is 17.2. The van der Waals surface area contributed by atoms with Crippen LogP contribution in [0, 0.1) is 5.92 Å². The van der Waals surface area contributed by atoms with Gasteiger partial charge < -0.3 is 9.64 Å². The molecule has 1 heterocycles. The Morgan fingerprint density at radius 3 is 2.56 bits per heavy atom. The van der Waals surface area contributed by atoms with Crippen LogP contribution < -0.4 is 4.74 Å². The van der Waals surface area contributed by atoms with Crippen molar-refractivity contribution in [3.05, 3.63) is 65.7 Å². The van der Waals surface area contributed by atoms with E-state index >= 15 is 0 Å². The number of carbonyl (C=O) groups is 1. The fourth-order valence-corrected chi connectivity index (χ4v) is 3.76. The third kappa shape index (κ3) is 5.57. The molecule has 1 fully saturated rings. The van der Waals surface area contributed by atoms with E-state index in [4.69, 9.17) is 4.74 Å². The van der Waals surface area contributed by atoms with E-state index in [1.54, 1.807) is 0 Å². The average molecular weight is 367 g/mol. The minimum Gasteiger partial charge on any atom is -0.494 e. The fraction of sp³-hybridized carbons (Fsp3) is 0.435. The van der Waals surface area contributed by atoms with Crippen LogP contribution in [0.1, 0.15) is 30.9 Å². The van der Waals surface area contributed by atoms with Crippen molar-refractivity contribution in [3.63, 3.8) is 0 Å². The van der Waals surface area contributed by atoms with Crippen molar-refractivity contribution in [1.29, 1.82) is 0 Å². The lowest BCUT2D eigenvalue weighted by Crippen LogP contribution is -2.43. The summed E-state index contributed by atoms with van der Waals surface area (Å²) in [6.45, 7) is 6.14. The number of rotatable bonds is 7. The number of amides is 1. The SMILES string of the molecule is CCOc1ccc(CN2CCCC(C(=O)N(C)Cc3ccccc3)C2)cc1. The van der Waals surface area contributed by atoms with Gasteiger partial charge in [-0.3, -0.25) is 9.69 Å². The van der Waals surface area contributed by atoms with E-state index in [0.29, 0.717) is 13.2 Å². The number of hydrogen-bond acceptors (Lipinski definition) is 3. The summed E-state index contributed by atoms with van der Waals surface area (Å²) < 4.78 is 5.51. The summed E-state index contributed by atoms with van der Waals surface area (Å²) in [7, 11) is 1.92. The van der Waals surface area contributed by atoms with Crippen molar-refractivity contribution in [2.45, 2.75) is 32.9 Å². The molecule has 0 spiro atoms. The van der Waals surface area contributed by atoms with Gasteiger partial charge in [0.15, 0.2) is 0 Å². The molecule has 0 aromatic heterocycles. The topological polar surface area (TPSA) is 32.8 Å². The maximum absolute atomic E-state index is 12.9. The molecule has 2 aromatic carbocycles. The molecule has 0 aliphatic carbocycles. The van der Waals surface area contributed by atoms with Gasteiger partial charge in [0.1, 0.15) is 5.75 Å². The van der Waals surface area contributed by atoms with Gasteiger partial charge in [0.2, 0.25) is 5.91 Å². The highest BCUT2D eigenvalue weighted by molar-refractivity contribution is 5.78. The largest absolute Gasteiger partial charge is 0.494 e. The molecule has 1 unspecified atom stereocenters. The van der Waals surface area contributed by atoms with Crippen LogP contribution in [0.25, 0.3) is 0 Å². The fourth-order valence-electron chi connectivity index (χ4n) is 3.76. The van der Waals surface area contributed by atoms with E-state index in [1.165, 1.54) is 11.1 Å². The monoisotopic (exact) mass is 366 g/mol. The molecule has 2 aromatic rings. The van der Waals surface area contributed by atoms with Crippen molar-refractivity contribution >= 4 is 5.91 Å². The highest BCUT2D eigenvalue weighted by Crippen LogP contribution is 2.22. The molecular weight excluding hydrogens is 336 g/mol. The number of piperidine rings is 1. The zero-order valence-corrected chi connectivity index (χ0v) is 16.4. The molecule has 1 atom stereocenters. The third-order valence-corrected chi connectivity index (χ3v) is 5.13. The zero-order chi connectivity index (χ0) is 19.1. The van der Waals surface area contributed by atoms with Gasteiger partial charge >= 0.3 is 0 Å². The molecule has 4 heteroatoms. The maximum Gasteiger partial charge on any atom is 0.227 e. The minimum absolute atomic E-state index is 0.0927. The first-order valence-corrected chi connectivity index (χ1v) is 9.88. The number of ether oxygens (including phenoxy) is 1. The van der Waals surface area contributed by atoms with Crippen molar-refractivity contribution in [3.8, 4) is 5.75 Å². The molecule has 0 radical (unpaired) electrons. The Kier molecular flexibility index (Phi) is 6.88. The van der Waals surface area contributed by atoms with Gasteiger partial charge in [-0.05, 0) is 49.6 Å². The third-order valence-electron chi connectivity index (χ3n) is 5.13. The molecule has 27 heavy (non-hydrogen) atoms. The van der Waals surface area contributed by atoms with Gasteiger partial charge in [-0.25, -0.2) is 0 Å². The first kappa shape index (κ1) is 19.4. The van der Waals surface area contributed by atoms with Gasteiger partial charge in [0, 0.05) is 26.7 Å². The Bertz CT molecular complexity index is 715. The number of carbonyl (C=O) groups excluding carboxylic acids is 1. The zero-order valence-electron chi connectivity index (χ0n) is 16.4. The van der Waals surface area contributed by atoms with E-state index in [-0.39, 0.29) is 11.8 Å². The Morgan fingerprint density at radius 2 is 1.85 bits per heavy atom. The molecule has 1 saturated heterocycles. The number of hydrogen-bond donors (Lipinski definition) is 0. The minimum atomic E-state index is 0.0927. The van der Waals surface area contributed by atoms with Crippen LogP contribution in [0.5, 0.6) is 5.75 Å². The van der Waals surface area contributed by atoms with Crippen molar-refractivity contribution in [1.82, 2.24) is 9.80 Å². The quantitative estimate of drug-likeness (QED) is 0.744. The summed E-state index contributed by atoms with van der Waals surface area (Å²) in [6.07, 6.45) is 2.06. The van der Waals surface area contributed by atoms with Gasteiger partial charge in [0.25, 0.3) is 0 Å². The summed E-state index contributed by atoms with van der Waals surface area (Å²) in [5.41, 5.74) is 2.44. The molecule has 3 rings (SSSR count). The van der Waals surface area contributed by atoms with Crippen LogP contribution in [-0.4, -0.2) is 42.5 Å². The lowest BCUT2D eigenvalue weighted by Gasteiger charge is -2.34. The average Bonchev–Trinajstić information content (AvgIpc) is 2.70. The van der Waals surface area contributed by atoms with Gasteiger partial charge in [-0.2, -0.15) is 0 Å².